The zero-order chi connectivity index (χ0) is 56.5. The standard InChI is InChI=1S/2C23H24F2N5O9P/c2*1-3-33-19-16-18(28-21(26)29-19)30(10-27-16)20-23(2)17(37-22(31)38-23)15(36-20)9-35-40(32)34-7-6-14(39-40)12-5-4-11(24)8-13(12)25/h2*4-5,8,10,14-15,17,20H,3,6-7,9H2,1-2H3,(H2,26,28,29)/t14-,15+,17+,20+,23+,40+;14-,15-,17-,20-,23-,40+/m01/s1. The SMILES string of the molecule is CCOc1nc(N)nc2c1ncn2[C@@H]1O[C@H](CO[P@@]2(=O)OCC[C@@H](c3ccc(F)cc3F)O2)[C@H]2OC(=O)O[C@]21C.CCOc1nc(N)nc2c1ncn2[C@@H]1O[C@H](CO[P@]2(=O)OCC[C@H](c3ccc(F)cc3F)O2)[C@H]2OC(=O)O[C@]21C. The summed E-state index contributed by atoms with van der Waals surface area (Å²) in [6.07, 6.45) is -6.84. The Labute approximate surface area is 448 Å². The molecular formula is C46H48F4N10O18P2. The van der Waals surface area contributed by atoms with Crippen LogP contribution in [0.15, 0.2) is 49.1 Å². The van der Waals surface area contributed by atoms with Gasteiger partial charge in [-0.25, -0.2) is 46.2 Å². The highest BCUT2D eigenvalue weighted by atomic mass is 31.2. The Bertz CT molecular complexity index is 3270. The van der Waals surface area contributed by atoms with Crippen LogP contribution in [0.2, 0.25) is 0 Å². The third kappa shape index (κ3) is 10.2. The third-order valence-corrected chi connectivity index (χ3v) is 16.5. The average molecular weight is 1170 g/mol. The number of nitrogen functional groups attached to an aromatic ring is 2. The van der Waals surface area contributed by atoms with E-state index in [1.54, 1.807) is 27.7 Å². The van der Waals surface area contributed by atoms with Gasteiger partial charge in [0.15, 0.2) is 58.2 Å². The number of fused-ring (bicyclic) bond motifs is 4. The number of nitrogens with two attached hydrogens (primary N) is 2. The molecule has 12 rings (SSSR count). The van der Waals surface area contributed by atoms with Gasteiger partial charge < -0.3 is 49.4 Å². The summed E-state index contributed by atoms with van der Waals surface area (Å²) in [5, 5.41) is 0. The van der Waals surface area contributed by atoms with E-state index in [2.05, 4.69) is 29.9 Å². The molecule has 0 amide bonds. The number of nitrogens with zero attached hydrogens (tertiary/aromatic N) is 8. The molecule has 6 aliphatic rings. The second-order valence-corrected chi connectivity index (χ2v) is 22.0. The van der Waals surface area contributed by atoms with Crippen molar-refractivity contribution in [2.24, 2.45) is 0 Å². The summed E-state index contributed by atoms with van der Waals surface area (Å²) in [4.78, 5) is 49.7. The number of carbonyl (C=O) groups is 2. The molecule has 0 unspecified atom stereocenters. The fourth-order valence-corrected chi connectivity index (χ4v) is 12.8. The second-order valence-electron chi connectivity index (χ2n) is 18.7. The number of phosphoric acid groups is 2. The van der Waals surface area contributed by atoms with Gasteiger partial charge in [-0.05, 0) is 39.8 Å². The minimum absolute atomic E-state index is 0.0103. The zero-order valence-electron chi connectivity index (χ0n) is 42.4. The van der Waals surface area contributed by atoms with Gasteiger partial charge in [-0.2, -0.15) is 19.9 Å². The molecule has 6 aromatic rings. The van der Waals surface area contributed by atoms with E-state index in [9.17, 15) is 36.3 Å². The monoisotopic (exact) mass is 1170 g/mol. The first kappa shape index (κ1) is 55.1. The van der Waals surface area contributed by atoms with Gasteiger partial charge in [-0.1, -0.05) is 12.1 Å². The highest BCUT2D eigenvalue weighted by Crippen LogP contribution is 2.60. The smallest absolute Gasteiger partial charge is 0.476 e. The van der Waals surface area contributed by atoms with Crippen LogP contribution in [0.25, 0.3) is 22.3 Å². The molecule has 80 heavy (non-hydrogen) atoms. The molecule has 12 atom stereocenters. The van der Waals surface area contributed by atoms with Crippen molar-refractivity contribution in [3.63, 3.8) is 0 Å². The number of halogens is 4. The fraction of sp³-hybridized carbons (Fsp3) is 0.478. The van der Waals surface area contributed by atoms with Crippen molar-refractivity contribution in [2.45, 2.75) is 101 Å². The minimum atomic E-state index is -4.23. The number of hydrogen-bond acceptors (Lipinski definition) is 26. The largest absolute Gasteiger partial charge is 0.509 e. The lowest BCUT2D eigenvalue weighted by Crippen LogP contribution is -2.42. The number of hydrogen-bond donors (Lipinski definition) is 2. The Kier molecular flexibility index (Phi) is 14.6. The van der Waals surface area contributed by atoms with E-state index in [1.807, 2.05) is 0 Å². The molecule has 4 aromatic heterocycles. The predicted octanol–water partition coefficient (Wildman–Crippen LogP) is 7.16. The van der Waals surface area contributed by atoms with Gasteiger partial charge >= 0.3 is 28.0 Å². The number of aromatic nitrogens is 8. The molecule has 2 aromatic carbocycles. The Morgan fingerprint density at radius 1 is 0.650 bits per heavy atom. The van der Waals surface area contributed by atoms with Crippen LogP contribution in [0.3, 0.4) is 0 Å². The maximum atomic E-state index is 14.3. The van der Waals surface area contributed by atoms with Crippen LogP contribution in [0, 0.1) is 23.3 Å². The first-order chi connectivity index (χ1) is 38.2. The van der Waals surface area contributed by atoms with Gasteiger partial charge in [0, 0.05) is 36.1 Å². The number of ether oxygens (including phenoxy) is 8. The predicted molar refractivity (Wildman–Crippen MR) is 258 cm³/mol. The number of imidazole rings is 2. The maximum Gasteiger partial charge on any atom is 0.509 e. The molecule has 0 radical (unpaired) electrons. The van der Waals surface area contributed by atoms with E-state index in [0.29, 0.717) is 36.4 Å². The first-order valence-electron chi connectivity index (χ1n) is 24.6. The van der Waals surface area contributed by atoms with Crippen molar-refractivity contribution in [3.05, 3.63) is 83.4 Å². The number of anilines is 2. The van der Waals surface area contributed by atoms with Crippen molar-refractivity contribution in [1.82, 2.24) is 39.0 Å². The summed E-state index contributed by atoms with van der Waals surface area (Å²) in [5.41, 5.74) is 10.1. The number of rotatable bonds is 14. The van der Waals surface area contributed by atoms with Crippen molar-refractivity contribution < 1.29 is 101 Å². The van der Waals surface area contributed by atoms with E-state index in [4.69, 9.17) is 76.5 Å². The molecule has 6 saturated heterocycles. The fourth-order valence-electron chi connectivity index (χ4n) is 9.98. The van der Waals surface area contributed by atoms with Crippen LogP contribution in [0.1, 0.15) is 76.3 Å². The van der Waals surface area contributed by atoms with Gasteiger partial charge in [-0.15, -0.1) is 0 Å². The lowest BCUT2D eigenvalue weighted by Gasteiger charge is -2.30. The first-order valence-corrected chi connectivity index (χ1v) is 27.5. The molecule has 28 nitrogen and oxygen atoms in total. The third-order valence-electron chi connectivity index (χ3n) is 13.5. The van der Waals surface area contributed by atoms with E-state index >= 15 is 0 Å². The topological polar surface area (TPSA) is 337 Å². The maximum absolute atomic E-state index is 14.3. The Morgan fingerprint density at radius 2 is 1.06 bits per heavy atom. The van der Waals surface area contributed by atoms with Crippen molar-refractivity contribution in [1.29, 1.82) is 0 Å². The number of phosphoric ester groups is 2. The summed E-state index contributed by atoms with van der Waals surface area (Å²) < 4.78 is 163. The Morgan fingerprint density at radius 3 is 1.45 bits per heavy atom. The molecule has 0 spiro atoms. The molecule has 6 aliphatic heterocycles. The van der Waals surface area contributed by atoms with Crippen molar-refractivity contribution in [3.8, 4) is 11.8 Å². The molecule has 6 fully saturated rings. The minimum Gasteiger partial charge on any atom is -0.476 e. The summed E-state index contributed by atoms with van der Waals surface area (Å²) in [5.74, 6) is -3.04. The summed E-state index contributed by atoms with van der Waals surface area (Å²) in [7, 11) is -8.45. The van der Waals surface area contributed by atoms with Crippen LogP contribution in [-0.2, 0) is 64.7 Å². The van der Waals surface area contributed by atoms with Gasteiger partial charge in [0.2, 0.25) is 23.7 Å². The van der Waals surface area contributed by atoms with E-state index < -0.39 is 125 Å². The van der Waals surface area contributed by atoms with Gasteiger partial charge in [-0.3, -0.25) is 36.3 Å². The van der Waals surface area contributed by atoms with Crippen molar-refractivity contribution in [2.75, 3.05) is 51.1 Å². The van der Waals surface area contributed by atoms with Crippen LogP contribution in [0.4, 0.5) is 39.0 Å². The quantitative estimate of drug-likeness (QED) is 0.0620. The lowest BCUT2D eigenvalue weighted by molar-refractivity contribution is -0.0928. The van der Waals surface area contributed by atoms with E-state index in [-0.39, 0.29) is 72.1 Å². The highest BCUT2D eigenvalue weighted by molar-refractivity contribution is 7.48. The Hall–Kier alpha value is -6.86. The summed E-state index contributed by atoms with van der Waals surface area (Å²) in [6.45, 7) is 6.37. The summed E-state index contributed by atoms with van der Waals surface area (Å²) >= 11 is 0. The number of carbonyl (C=O) groups excluding carboxylic acids is 2. The van der Waals surface area contributed by atoms with E-state index in [1.165, 1.54) is 33.9 Å². The Balaban J connectivity index is 0.000000169. The molecule has 0 bridgehead atoms. The lowest BCUT2D eigenvalue weighted by atomic mass is 9.96. The van der Waals surface area contributed by atoms with Crippen molar-refractivity contribution >= 4 is 62.2 Å². The molecule has 34 heteroatoms. The zero-order valence-corrected chi connectivity index (χ0v) is 44.2. The van der Waals surface area contributed by atoms with Gasteiger partial charge in [0.1, 0.15) is 35.5 Å². The van der Waals surface area contributed by atoms with Gasteiger partial charge in [0.05, 0.1) is 64.5 Å². The molecule has 428 valence electrons. The second kappa shape index (κ2) is 21.2. The average Bonchev–Trinajstić information content (AvgIpc) is 4.24. The molecule has 4 N–H and O–H groups in total. The molecular weight excluding hydrogens is 1120 g/mol. The molecule has 0 aliphatic carbocycles. The molecule has 10 heterocycles. The van der Waals surface area contributed by atoms with Crippen LogP contribution in [0.5, 0.6) is 11.8 Å². The van der Waals surface area contributed by atoms with E-state index in [0.717, 1.165) is 12.1 Å². The summed E-state index contributed by atoms with van der Waals surface area (Å²) in [6, 6.07) is 5.97. The van der Waals surface area contributed by atoms with Crippen LogP contribution >= 0.6 is 15.6 Å². The number of benzene rings is 2. The van der Waals surface area contributed by atoms with Crippen LogP contribution in [-0.4, -0.2) is 127 Å². The normalized spacial score (nSPS) is 31.6. The van der Waals surface area contributed by atoms with Gasteiger partial charge in [0.25, 0.3) is 0 Å². The molecule has 0 saturated carbocycles. The highest BCUT2D eigenvalue weighted by Gasteiger charge is 2.66. The van der Waals surface area contributed by atoms with Crippen LogP contribution < -0.4 is 20.9 Å².